The zero-order chi connectivity index (χ0) is 15.7. The Bertz CT molecular complexity index is 593. The van der Waals surface area contributed by atoms with E-state index in [2.05, 4.69) is 17.4 Å². The van der Waals surface area contributed by atoms with Gasteiger partial charge in [0.15, 0.2) is 0 Å². The van der Waals surface area contributed by atoms with E-state index >= 15 is 0 Å². The van der Waals surface area contributed by atoms with Crippen LogP contribution in [0.3, 0.4) is 0 Å². The molecule has 1 saturated carbocycles. The third-order valence-corrected chi connectivity index (χ3v) is 5.00. The maximum absolute atomic E-state index is 12.9. The van der Waals surface area contributed by atoms with Crippen molar-refractivity contribution in [3.05, 3.63) is 35.4 Å². The van der Waals surface area contributed by atoms with Gasteiger partial charge in [0.1, 0.15) is 5.41 Å². The number of amides is 2. The summed E-state index contributed by atoms with van der Waals surface area (Å²) in [4.78, 5) is 27.2. The number of nitrogens with one attached hydrogen (secondary N) is 1. The largest absolute Gasteiger partial charge is 0.353 e. The molecule has 3 rings (SSSR count). The van der Waals surface area contributed by atoms with Crippen molar-refractivity contribution in [3.8, 4) is 0 Å². The lowest BCUT2D eigenvalue weighted by molar-refractivity contribution is -0.145. The van der Waals surface area contributed by atoms with Gasteiger partial charge in [-0.15, -0.1) is 0 Å². The number of fused-ring (bicyclic) bond motifs is 1. The Labute approximate surface area is 131 Å². The highest BCUT2D eigenvalue weighted by Gasteiger charge is 2.58. The molecule has 4 nitrogen and oxygen atoms in total. The summed E-state index contributed by atoms with van der Waals surface area (Å²) in [5, 5.41) is 2.99. The van der Waals surface area contributed by atoms with E-state index in [0.29, 0.717) is 25.9 Å². The van der Waals surface area contributed by atoms with Gasteiger partial charge >= 0.3 is 0 Å². The fourth-order valence-corrected chi connectivity index (χ4v) is 3.10. The highest BCUT2D eigenvalue weighted by atomic mass is 16.2. The molecule has 22 heavy (non-hydrogen) atoms. The first kappa shape index (κ1) is 15.1. The molecule has 1 heterocycles. The summed E-state index contributed by atoms with van der Waals surface area (Å²) >= 11 is 0. The molecule has 1 aliphatic heterocycles. The molecule has 1 atom stereocenters. The van der Waals surface area contributed by atoms with Crippen LogP contribution in [0.1, 0.15) is 44.2 Å². The Morgan fingerprint density at radius 3 is 2.59 bits per heavy atom. The van der Waals surface area contributed by atoms with Crippen LogP contribution >= 0.6 is 0 Å². The van der Waals surface area contributed by atoms with Crippen molar-refractivity contribution >= 4 is 11.8 Å². The second kappa shape index (κ2) is 5.75. The van der Waals surface area contributed by atoms with Crippen molar-refractivity contribution in [2.75, 3.05) is 6.54 Å². The number of benzene rings is 1. The number of carbonyl (C=O) groups is 2. The van der Waals surface area contributed by atoms with Crippen LogP contribution < -0.4 is 5.32 Å². The number of carbonyl (C=O) groups excluding carboxylic acids is 2. The third-order valence-electron chi connectivity index (χ3n) is 5.00. The molecule has 4 heteroatoms. The van der Waals surface area contributed by atoms with Crippen molar-refractivity contribution in [2.45, 2.75) is 52.1 Å². The van der Waals surface area contributed by atoms with Crippen LogP contribution in [0.5, 0.6) is 0 Å². The average molecular weight is 300 g/mol. The van der Waals surface area contributed by atoms with Crippen molar-refractivity contribution < 1.29 is 9.59 Å². The predicted octanol–water partition coefficient (Wildman–Crippen LogP) is 2.27. The number of hydrogen-bond acceptors (Lipinski definition) is 2. The van der Waals surface area contributed by atoms with Gasteiger partial charge in [-0.2, -0.15) is 0 Å². The SMILES string of the molecule is CCC(C)NC(=O)C1(C(=O)N2CCc3ccccc3C2)CC1. The van der Waals surface area contributed by atoms with Crippen LogP contribution in [0.15, 0.2) is 24.3 Å². The highest BCUT2D eigenvalue weighted by molar-refractivity contribution is 6.08. The summed E-state index contributed by atoms with van der Waals surface area (Å²) in [6, 6.07) is 8.38. The maximum Gasteiger partial charge on any atom is 0.238 e. The van der Waals surface area contributed by atoms with Gasteiger partial charge in [0.2, 0.25) is 11.8 Å². The van der Waals surface area contributed by atoms with Crippen molar-refractivity contribution in [3.63, 3.8) is 0 Å². The fourth-order valence-electron chi connectivity index (χ4n) is 3.10. The quantitative estimate of drug-likeness (QED) is 0.867. The molecule has 118 valence electrons. The Balaban J connectivity index is 1.71. The summed E-state index contributed by atoms with van der Waals surface area (Å²) in [7, 11) is 0. The van der Waals surface area contributed by atoms with Gasteiger partial charge in [0.25, 0.3) is 0 Å². The molecule has 0 aromatic heterocycles. The summed E-state index contributed by atoms with van der Waals surface area (Å²) in [6.07, 6.45) is 3.14. The summed E-state index contributed by atoms with van der Waals surface area (Å²) in [5.41, 5.74) is 1.75. The van der Waals surface area contributed by atoms with Gasteiger partial charge in [-0.1, -0.05) is 31.2 Å². The van der Waals surface area contributed by atoms with Gasteiger partial charge in [-0.25, -0.2) is 0 Å². The number of nitrogens with zero attached hydrogens (tertiary/aromatic N) is 1. The van der Waals surface area contributed by atoms with E-state index in [4.69, 9.17) is 0 Å². The maximum atomic E-state index is 12.9. The first-order valence-electron chi connectivity index (χ1n) is 8.24. The lowest BCUT2D eigenvalue weighted by Crippen LogP contribution is -2.48. The van der Waals surface area contributed by atoms with E-state index in [1.54, 1.807) is 0 Å². The standard InChI is InChI=1S/C18H24N2O2/c1-3-13(2)19-16(21)18(9-10-18)17(22)20-11-8-14-6-4-5-7-15(14)12-20/h4-7,13H,3,8-12H2,1-2H3,(H,19,21). The molecule has 0 spiro atoms. The molecule has 1 fully saturated rings. The highest BCUT2D eigenvalue weighted by Crippen LogP contribution is 2.48. The van der Waals surface area contributed by atoms with Crippen LogP contribution in [0.2, 0.25) is 0 Å². The van der Waals surface area contributed by atoms with Gasteiger partial charge in [-0.05, 0) is 43.7 Å². The normalized spacial score (nSPS) is 20.0. The van der Waals surface area contributed by atoms with E-state index in [1.807, 2.05) is 30.9 Å². The van der Waals surface area contributed by atoms with Crippen LogP contribution in [0.25, 0.3) is 0 Å². The number of rotatable bonds is 4. The molecule has 1 unspecified atom stereocenters. The van der Waals surface area contributed by atoms with Crippen molar-refractivity contribution in [2.24, 2.45) is 5.41 Å². The molecular weight excluding hydrogens is 276 g/mol. The van der Waals surface area contributed by atoms with E-state index < -0.39 is 5.41 Å². The Morgan fingerprint density at radius 2 is 1.95 bits per heavy atom. The summed E-state index contributed by atoms with van der Waals surface area (Å²) in [6.45, 7) is 5.37. The second-order valence-electron chi connectivity index (χ2n) is 6.61. The molecule has 2 aliphatic rings. The molecular formula is C18H24N2O2. The molecule has 2 amide bonds. The van der Waals surface area contributed by atoms with Crippen LogP contribution in [-0.2, 0) is 22.6 Å². The van der Waals surface area contributed by atoms with E-state index in [1.165, 1.54) is 11.1 Å². The van der Waals surface area contributed by atoms with Crippen LogP contribution in [0.4, 0.5) is 0 Å². The third kappa shape index (κ3) is 2.62. The average Bonchev–Trinajstić information content (AvgIpc) is 3.35. The molecule has 0 radical (unpaired) electrons. The van der Waals surface area contributed by atoms with Gasteiger partial charge in [-0.3, -0.25) is 9.59 Å². The van der Waals surface area contributed by atoms with Crippen molar-refractivity contribution in [1.82, 2.24) is 10.2 Å². The molecule has 1 aromatic rings. The smallest absolute Gasteiger partial charge is 0.238 e. The summed E-state index contributed by atoms with van der Waals surface area (Å²) in [5.74, 6) is -0.0616. The van der Waals surface area contributed by atoms with Crippen molar-refractivity contribution in [1.29, 1.82) is 0 Å². The van der Waals surface area contributed by atoms with E-state index in [-0.39, 0.29) is 17.9 Å². The minimum Gasteiger partial charge on any atom is -0.353 e. The zero-order valence-corrected chi connectivity index (χ0v) is 13.4. The molecule has 1 N–H and O–H groups in total. The predicted molar refractivity (Wildman–Crippen MR) is 85.1 cm³/mol. The molecule has 1 aliphatic carbocycles. The number of hydrogen-bond donors (Lipinski definition) is 1. The second-order valence-corrected chi connectivity index (χ2v) is 6.61. The summed E-state index contributed by atoms with van der Waals surface area (Å²) < 4.78 is 0. The lowest BCUT2D eigenvalue weighted by atomic mass is 9.96. The molecule has 0 saturated heterocycles. The fraction of sp³-hybridized carbons (Fsp3) is 0.556. The van der Waals surface area contributed by atoms with Crippen LogP contribution in [0, 0.1) is 5.41 Å². The lowest BCUT2D eigenvalue weighted by Gasteiger charge is -2.32. The minimum absolute atomic E-state index is 0.0165. The minimum atomic E-state index is -0.782. The Kier molecular flexibility index (Phi) is 3.94. The van der Waals surface area contributed by atoms with Gasteiger partial charge in [0, 0.05) is 19.1 Å². The van der Waals surface area contributed by atoms with Crippen LogP contribution in [-0.4, -0.2) is 29.3 Å². The topological polar surface area (TPSA) is 49.4 Å². The van der Waals surface area contributed by atoms with E-state index in [0.717, 1.165) is 12.8 Å². The molecule has 0 bridgehead atoms. The zero-order valence-electron chi connectivity index (χ0n) is 13.4. The first-order valence-corrected chi connectivity index (χ1v) is 8.24. The van der Waals surface area contributed by atoms with Gasteiger partial charge in [0.05, 0.1) is 0 Å². The first-order chi connectivity index (χ1) is 10.6. The van der Waals surface area contributed by atoms with Gasteiger partial charge < -0.3 is 10.2 Å². The van der Waals surface area contributed by atoms with E-state index in [9.17, 15) is 9.59 Å². The monoisotopic (exact) mass is 300 g/mol. The Morgan fingerprint density at radius 1 is 1.27 bits per heavy atom. The molecule has 1 aromatic carbocycles. The Hall–Kier alpha value is -1.84.